The Morgan fingerprint density at radius 2 is 1.64 bits per heavy atom. The van der Waals surface area contributed by atoms with Crippen molar-refractivity contribution < 1.29 is 19.5 Å². The molecule has 0 spiro atoms. The van der Waals surface area contributed by atoms with Crippen LogP contribution < -0.4 is 4.90 Å². The van der Waals surface area contributed by atoms with Gasteiger partial charge in [0.15, 0.2) is 0 Å². The molecule has 0 aromatic heterocycles. The quantitative estimate of drug-likeness (QED) is 0.931. The van der Waals surface area contributed by atoms with Crippen molar-refractivity contribution in [3.05, 3.63) is 65.2 Å². The molecule has 4 rings (SSSR count). The van der Waals surface area contributed by atoms with Crippen molar-refractivity contribution in [3.8, 4) is 0 Å². The molecule has 2 aromatic rings. The van der Waals surface area contributed by atoms with Gasteiger partial charge < -0.3 is 10.0 Å². The molecule has 2 heterocycles. The maximum Gasteiger partial charge on any atom is 0.303 e. The lowest BCUT2D eigenvalue weighted by Gasteiger charge is -2.40. The SMILES string of the molecule is O=C(O)CCCN1C(=O)c2ccccc2N2C(=O)c3ccccc3C12. The van der Waals surface area contributed by atoms with E-state index in [0.29, 0.717) is 23.2 Å². The van der Waals surface area contributed by atoms with Gasteiger partial charge in [0.25, 0.3) is 11.8 Å². The van der Waals surface area contributed by atoms with E-state index in [4.69, 9.17) is 5.11 Å². The average molecular weight is 336 g/mol. The highest BCUT2D eigenvalue weighted by molar-refractivity contribution is 6.16. The molecule has 0 saturated carbocycles. The largest absolute Gasteiger partial charge is 0.481 e. The molecule has 1 atom stereocenters. The van der Waals surface area contributed by atoms with E-state index in [-0.39, 0.29) is 24.8 Å². The van der Waals surface area contributed by atoms with Crippen LogP contribution in [0.2, 0.25) is 0 Å². The zero-order valence-electron chi connectivity index (χ0n) is 13.4. The Labute approximate surface area is 144 Å². The second kappa shape index (κ2) is 5.73. The Hall–Kier alpha value is -3.15. The van der Waals surface area contributed by atoms with Crippen LogP contribution in [-0.2, 0) is 4.79 Å². The van der Waals surface area contributed by atoms with Crippen LogP contribution in [0.4, 0.5) is 5.69 Å². The summed E-state index contributed by atoms with van der Waals surface area (Å²) < 4.78 is 0. The van der Waals surface area contributed by atoms with Crippen LogP contribution in [0.3, 0.4) is 0 Å². The predicted octanol–water partition coefficient (Wildman–Crippen LogP) is 2.67. The van der Waals surface area contributed by atoms with E-state index in [0.717, 1.165) is 5.56 Å². The molecule has 0 radical (unpaired) electrons. The molecule has 2 aliphatic heterocycles. The van der Waals surface area contributed by atoms with Crippen LogP contribution in [0.5, 0.6) is 0 Å². The van der Waals surface area contributed by atoms with E-state index in [1.54, 1.807) is 46.2 Å². The molecule has 2 aliphatic rings. The zero-order valence-corrected chi connectivity index (χ0v) is 13.4. The van der Waals surface area contributed by atoms with Crippen LogP contribution in [0.15, 0.2) is 48.5 Å². The number of benzene rings is 2. The molecular weight excluding hydrogens is 320 g/mol. The molecule has 0 aliphatic carbocycles. The van der Waals surface area contributed by atoms with Gasteiger partial charge in [-0.25, -0.2) is 0 Å². The van der Waals surface area contributed by atoms with E-state index in [9.17, 15) is 14.4 Å². The first-order chi connectivity index (χ1) is 12.1. The highest BCUT2D eigenvalue weighted by Crippen LogP contribution is 2.45. The van der Waals surface area contributed by atoms with E-state index in [1.165, 1.54) is 0 Å². The average Bonchev–Trinajstić information content (AvgIpc) is 2.91. The van der Waals surface area contributed by atoms with Crippen LogP contribution in [-0.4, -0.2) is 34.3 Å². The first-order valence-electron chi connectivity index (χ1n) is 8.14. The zero-order chi connectivity index (χ0) is 17.6. The van der Waals surface area contributed by atoms with Gasteiger partial charge in [0.05, 0.1) is 11.3 Å². The van der Waals surface area contributed by atoms with Gasteiger partial charge in [-0.1, -0.05) is 30.3 Å². The van der Waals surface area contributed by atoms with Crippen LogP contribution in [0.1, 0.15) is 45.3 Å². The molecule has 1 unspecified atom stereocenters. The normalized spacial score (nSPS) is 18.0. The van der Waals surface area contributed by atoms with E-state index in [2.05, 4.69) is 0 Å². The second-order valence-electron chi connectivity index (χ2n) is 6.15. The third-order valence-electron chi connectivity index (χ3n) is 4.67. The lowest BCUT2D eigenvalue weighted by molar-refractivity contribution is -0.137. The number of rotatable bonds is 4. The van der Waals surface area contributed by atoms with Gasteiger partial charge in [-0.3, -0.25) is 19.3 Å². The Kier molecular flexibility index (Phi) is 3.53. The Morgan fingerprint density at radius 3 is 2.40 bits per heavy atom. The van der Waals surface area contributed by atoms with Gasteiger partial charge in [-0.15, -0.1) is 0 Å². The minimum Gasteiger partial charge on any atom is -0.481 e. The fourth-order valence-corrected chi connectivity index (χ4v) is 3.60. The third-order valence-corrected chi connectivity index (χ3v) is 4.67. The smallest absolute Gasteiger partial charge is 0.303 e. The van der Waals surface area contributed by atoms with Crippen LogP contribution in [0.25, 0.3) is 0 Å². The Bertz CT molecular complexity index is 892. The van der Waals surface area contributed by atoms with Crippen molar-refractivity contribution in [2.75, 3.05) is 11.4 Å². The molecule has 6 nitrogen and oxygen atoms in total. The van der Waals surface area contributed by atoms with Gasteiger partial charge in [0, 0.05) is 24.1 Å². The number of carboxylic acid groups (broad SMARTS) is 1. The molecule has 2 amide bonds. The lowest BCUT2D eigenvalue weighted by Crippen LogP contribution is -2.48. The van der Waals surface area contributed by atoms with Gasteiger partial charge in [-0.05, 0) is 24.6 Å². The van der Waals surface area contributed by atoms with Crippen LogP contribution in [0, 0.1) is 0 Å². The van der Waals surface area contributed by atoms with Crippen molar-refractivity contribution in [3.63, 3.8) is 0 Å². The monoisotopic (exact) mass is 336 g/mol. The molecule has 6 heteroatoms. The van der Waals surface area contributed by atoms with Crippen molar-refractivity contribution in [1.29, 1.82) is 0 Å². The van der Waals surface area contributed by atoms with E-state index < -0.39 is 12.1 Å². The molecule has 2 aromatic carbocycles. The number of carbonyl (C=O) groups is 3. The number of fused-ring (bicyclic) bond motifs is 5. The molecule has 0 fully saturated rings. The van der Waals surface area contributed by atoms with E-state index in [1.807, 2.05) is 12.1 Å². The Balaban J connectivity index is 1.81. The predicted molar refractivity (Wildman–Crippen MR) is 90.3 cm³/mol. The minimum atomic E-state index is -0.899. The molecule has 0 bridgehead atoms. The number of anilines is 1. The summed E-state index contributed by atoms with van der Waals surface area (Å²) >= 11 is 0. The highest BCUT2D eigenvalue weighted by Gasteiger charge is 2.47. The maximum atomic E-state index is 13.0. The van der Waals surface area contributed by atoms with Gasteiger partial charge in [0.2, 0.25) is 0 Å². The maximum absolute atomic E-state index is 13.0. The number of hydrogen-bond donors (Lipinski definition) is 1. The first-order valence-corrected chi connectivity index (χ1v) is 8.14. The van der Waals surface area contributed by atoms with E-state index >= 15 is 0 Å². The van der Waals surface area contributed by atoms with Crippen LogP contribution >= 0.6 is 0 Å². The summed E-state index contributed by atoms with van der Waals surface area (Å²) in [5.41, 5.74) is 2.44. The number of carboxylic acids is 1. The molecule has 1 N–H and O–H groups in total. The fraction of sp³-hybridized carbons (Fsp3) is 0.211. The number of para-hydroxylation sites is 1. The lowest BCUT2D eigenvalue weighted by atomic mass is 10.0. The number of carbonyl (C=O) groups excluding carboxylic acids is 2. The molecular formula is C19H16N2O4. The summed E-state index contributed by atoms with van der Waals surface area (Å²) in [6, 6.07) is 14.3. The Morgan fingerprint density at radius 1 is 0.960 bits per heavy atom. The minimum absolute atomic E-state index is 0.0201. The van der Waals surface area contributed by atoms with Gasteiger partial charge >= 0.3 is 5.97 Å². The summed E-state index contributed by atoms with van der Waals surface area (Å²) in [6.45, 7) is 0.280. The summed E-state index contributed by atoms with van der Waals surface area (Å²) in [4.78, 5) is 40.0. The second-order valence-corrected chi connectivity index (χ2v) is 6.15. The number of hydrogen-bond acceptors (Lipinski definition) is 3. The summed E-state index contributed by atoms with van der Waals surface area (Å²) in [7, 11) is 0. The number of nitrogens with zero attached hydrogens (tertiary/aromatic N) is 2. The summed E-state index contributed by atoms with van der Waals surface area (Å²) in [5.74, 6) is -1.21. The van der Waals surface area contributed by atoms with Crippen molar-refractivity contribution in [2.24, 2.45) is 0 Å². The van der Waals surface area contributed by atoms with Gasteiger partial charge in [-0.2, -0.15) is 0 Å². The fourth-order valence-electron chi connectivity index (χ4n) is 3.60. The van der Waals surface area contributed by atoms with Crippen molar-refractivity contribution in [1.82, 2.24) is 4.90 Å². The van der Waals surface area contributed by atoms with Gasteiger partial charge in [0.1, 0.15) is 6.17 Å². The summed E-state index contributed by atoms with van der Waals surface area (Å²) in [5, 5.41) is 8.89. The highest BCUT2D eigenvalue weighted by atomic mass is 16.4. The first kappa shape index (κ1) is 15.4. The summed E-state index contributed by atoms with van der Waals surface area (Å²) in [6.07, 6.45) is -0.197. The molecule has 126 valence electrons. The topological polar surface area (TPSA) is 77.9 Å². The molecule has 25 heavy (non-hydrogen) atoms. The molecule has 0 saturated heterocycles. The third kappa shape index (κ3) is 2.29. The van der Waals surface area contributed by atoms with Crippen molar-refractivity contribution in [2.45, 2.75) is 19.0 Å². The number of aliphatic carboxylic acids is 1. The standard InChI is InChI=1S/C19H16N2O4/c22-16(23)10-5-11-20-17-12-6-1-2-7-13(12)19(25)21(17)15-9-4-3-8-14(15)18(20)24/h1-4,6-9,17H,5,10-11H2,(H,22,23). The van der Waals surface area contributed by atoms with Crippen molar-refractivity contribution >= 4 is 23.5 Å². The number of amides is 2.